The first-order valence-electron chi connectivity index (χ1n) is 9.32. The lowest BCUT2D eigenvalue weighted by Gasteiger charge is -2.34. The highest BCUT2D eigenvalue weighted by Crippen LogP contribution is 2.21. The SMILES string of the molecule is CC(=O)N1CCN(CCn2c3ccccc3n3c(=O)c(O)c(C(=O)O)nc23)CC1. The second kappa shape index (κ2) is 7.21. The smallest absolute Gasteiger partial charge is 0.358 e. The van der Waals surface area contributed by atoms with Gasteiger partial charge in [0.15, 0.2) is 5.69 Å². The summed E-state index contributed by atoms with van der Waals surface area (Å²) < 4.78 is 3.03. The van der Waals surface area contributed by atoms with E-state index in [4.69, 9.17) is 0 Å². The molecule has 10 heteroatoms. The second-order valence-corrected chi connectivity index (χ2v) is 7.04. The molecule has 0 saturated carbocycles. The van der Waals surface area contributed by atoms with Crippen molar-refractivity contribution in [3.8, 4) is 5.75 Å². The molecule has 1 aromatic carbocycles. The number of aromatic nitrogens is 3. The van der Waals surface area contributed by atoms with Gasteiger partial charge in [-0.3, -0.25) is 14.5 Å². The van der Waals surface area contributed by atoms with Gasteiger partial charge in [0.2, 0.25) is 17.4 Å². The van der Waals surface area contributed by atoms with Crippen LogP contribution >= 0.6 is 0 Å². The summed E-state index contributed by atoms with van der Waals surface area (Å²) >= 11 is 0. The summed E-state index contributed by atoms with van der Waals surface area (Å²) in [5.41, 5.74) is -0.193. The Labute approximate surface area is 165 Å². The zero-order chi connectivity index (χ0) is 20.7. The van der Waals surface area contributed by atoms with Gasteiger partial charge in [-0.25, -0.2) is 14.2 Å². The quantitative estimate of drug-likeness (QED) is 0.644. The number of imidazole rings is 1. The number of fused-ring (bicyclic) bond motifs is 3. The number of nitrogens with zero attached hydrogens (tertiary/aromatic N) is 5. The van der Waals surface area contributed by atoms with Gasteiger partial charge in [-0.15, -0.1) is 0 Å². The standard InChI is InChI=1S/C19H21N5O5/c1-12(25)22-9-6-21(7-10-22)8-11-23-13-4-2-3-5-14(13)24-17(27)16(26)15(18(28)29)20-19(23)24/h2-5,26H,6-11H2,1H3,(H,28,29). The maximum absolute atomic E-state index is 12.6. The zero-order valence-electron chi connectivity index (χ0n) is 15.9. The molecule has 0 atom stereocenters. The van der Waals surface area contributed by atoms with Gasteiger partial charge < -0.3 is 19.7 Å². The van der Waals surface area contributed by atoms with E-state index >= 15 is 0 Å². The van der Waals surface area contributed by atoms with E-state index in [2.05, 4.69) is 9.88 Å². The van der Waals surface area contributed by atoms with Crippen molar-refractivity contribution in [2.24, 2.45) is 0 Å². The first-order valence-corrected chi connectivity index (χ1v) is 9.32. The van der Waals surface area contributed by atoms with E-state index in [0.717, 1.165) is 18.6 Å². The molecule has 0 bridgehead atoms. The van der Waals surface area contributed by atoms with Gasteiger partial charge in [0, 0.05) is 46.2 Å². The Morgan fingerprint density at radius 2 is 1.72 bits per heavy atom. The number of hydrogen-bond donors (Lipinski definition) is 2. The topological polar surface area (TPSA) is 120 Å². The van der Waals surface area contributed by atoms with E-state index < -0.39 is 23.0 Å². The molecule has 2 N–H and O–H groups in total. The number of aromatic carboxylic acids is 1. The minimum Gasteiger partial charge on any atom is -0.501 e. The highest BCUT2D eigenvalue weighted by atomic mass is 16.4. The number of carbonyl (C=O) groups is 2. The number of carboxylic acids is 1. The third-order valence-corrected chi connectivity index (χ3v) is 5.36. The number of benzene rings is 1. The van der Waals surface area contributed by atoms with Crippen LogP contribution in [-0.4, -0.2) is 78.6 Å². The van der Waals surface area contributed by atoms with Crippen molar-refractivity contribution in [3.05, 3.63) is 40.3 Å². The van der Waals surface area contributed by atoms with Crippen molar-refractivity contribution in [1.82, 2.24) is 23.8 Å². The molecule has 1 saturated heterocycles. The minimum atomic E-state index is -1.46. The Morgan fingerprint density at radius 3 is 2.34 bits per heavy atom. The number of amides is 1. The molecule has 1 aliphatic heterocycles. The van der Waals surface area contributed by atoms with Gasteiger partial charge in [-0.1, -0.05) is 12.1 Å². The van der Waals surface area contributed by atoms with Crippen LogP contribution in [0.1, 0.15) is 17.4 Å². The summed E-state index contributed by atoms with van der Waals surface area (Å²) in [5, 5.41) is 19.3. The fraction of sp³-hybridized carbons (Fsp3) is 0.368. The third kappa shape index (κ3) is 3.21. The van der Waals surface area contributed by atoms with Crippen molar-refractivity contribution >= 4 is 28.7 Å². The Hall–Kier alpha value is -3.40. The Balaban J connectivity index is 1.72. The Morgan fingerprint density at radius 1 is 1.07 bits per heavy atom. The molecular weight excluding hydrogens is 378 g/mol. The first kappa shape index (κ1) is 18.9. The van der Waals surface area contributed by atoms with Crippen LogP contribution in [-0.2, 0) is 11.3 Å². The molecule has 2 aromatic heterocycles. The molecule has 10 nitrogen and oxygen atoms in total. The van der Waals surface area contributed by atoms with Crippen molar-refractivity contribution in [1.29, 1.82) is 0 Å². The molecule has 1 fully saturated rings. The normalized spacial score (nSPS) is 15.3. The van der Waals surface area contributed by atoms with E-state index in [1.165, 1.54) is 4.40 Å². The predicted octanol–water partition coefficient (Wildman–Crippen LogP) is 0.217. The van der Waals surface area contributed by atoms with Crippen molar-refractivity contribution in [2.75, 3.05) is 32.7 Å². The van der Waals surface area contributed by atoms with Crippen LogP contribution in [0.2, 0.25) is 0 Å². The van der Waals surface area contributed by atoms with Crippen molar-refractivity contribution < 1.29 is 19.8 Å². The number of hydrogen-bond acceptors (Lipinski definition) is 6. The molecule has 1 aliphatic rings. The second-order valence-electron chi connectivity index (χ2n) is 7.04. The number of carboxylic acid groups (broad SMARTS) is 1. The molecule has 4 rings (SSSR count). The van der Waals surface area contributed by atoms with E-state index in [-0.39, 0.29) is 11.7 Å². The van der Waals surface area contributed by atoms with Crippen LogP contribution in [0, 0.1) is 0 Å². The van der Waals surface area contributed by atoms with Gasteiger partial charge in [0.25, 0.3) is 0 Å². The Kier molecular flexibility index (Phi) is 4.71. The van der Waals surface area contributed by atoms with Gasteiger partial charge in [-0.05, 0) is 12.1 Å². The molecule has 0 unspecified atom stereocenters. The fourth-order valence-corrected chi connectivity index (χ4v) is 3.79. The average Bonchev–Trinajstić information content (AvgIpc) is 3.02. The van der Waals surface area contributed by atoms with Crippen molar-refractivity contribution in [3.63, 3.8) is 0 Å². The summed E-state index contributed by atoms with van der Waals surface area (Å²) in [4.78, 5) is 43.6. The number of piperazine rings is 1. The average molecular weight is 399 g/mol. The van der Waals surface area contributed by atoms with Gasteiger partial charge >= 0.3 is 11.5 Å². The molecule has 0 radical (unpaired) electrons. The first-order chi connectivity index (χ1) is 13.9. The van der Waals surface area contributed by atoms with Crippen molar-refractivity contribution in [2.45, 2.75) is 13.5 Å². The number of para-hydroxylation sites is 2. The third-order valence-electron chi connectivity index (χ3n) is 5.36. The molecule has 1 amide bonds. The lowest BCUT2D eigenvalue weighted by atomic mass is 10.3. The molecule has 3 heterocycles. The highest BCUT2D eigenvalue weighted by Gasteiger charge is 2.23. The summed E-state index contributed by atoms with van der Waals surface area (Å²) in [7, 11) is 0. The van der Waals surface area contributed by atoms with Gasteiger partial charge in [0.05, 0.1) is 11.0 Å². The summed E-state index contributed by atoms with van der Waals surface area (Å²) in [5.74, 6) is -2.09. The van der Waals surface area contributed by atoms with Crippen LogP contribution < -0.4 is 5.56 Å². The molecule has 29 heavy (non-hydrogen) atoms. The fourth-order valence-electron chi connectivity index (χ4n) is 3.79. The molecule has 0 aliphatic carbocycles. The van der Waals surface area contributed by atoms with Crippen LogP contribution in [0.5, 0.6) is 5.75 Å². The van der Waals surface area contributed by atoms with Gasteiger partial charge in [0.1, 0.15) is 0 Å². The van der Waals surface area contributed by atoms with E-state index in [0.29, 0.717) is 31.7 Å². The van der Waals surface area contributed by atoms with Crippen LogP contribution in [0.15, 0.2) is 29.1 Å². The van der Waals surface area contributed by atoms with E-state index in [1.807, 2.05) is 12.1 Å². The maximum atomic E-state index is 12.6. The maximum Gasteiger partial charge on any atom is 0.358 e. The van der Waals surface area contributed by atoms with Gasteiger partial charge in [-0.2, -0.15) is 0 Å². The minimum absolute atomic E-state index is 0.0663. The lowest BCUT2D eigenvalue weighted by molar-refractivity contribution is -0.130. The summed E-state index contributed by atoms with van der Waals surface area (Å²) in [6.45, 7) is 5.50. The monoisotopic (exact) mass is 399 g/mol. The number of carbonyl (C=O) groups excluding carboxylic acids is 1. The Bertz CT molecular complexity index is 1170. The predicted molar refractivity (Wildman–Crippen MR) is 104 cm³/mol. The lowest BCUT2D eigenvalue weighted by Crippen LogP contribution is -2.48. The van der Waals surface area contributed by atoms with Crippen LogP contribution in [0.4, 0.5) is 0 Å². The number of aromatic hydroxyl groups is 1. The van der Waals surface area contributed by atoms with E-state index in [1.54, 1.807) is 28.5 Å². The zero-order valence-corrected chi connectivity index (χ0v) is 15.9. The van der Waals surface area contributed by atoms with Crippen LogP contribution in [0.25, 0.3) is 16.8 Å². The molecule has 0 spiro atoms. The van der Waals surface area contributed by atoms with E-state index in [9.17, 15) is 24.6 Å². The molecular formula is C19H21N5O5. The molecule has 3 aromatic rings. The summed E-state index contributed by atoms with van der Waals surface area (Å²) in [6, 6.07) is 7.15. The van der Waals surface area contributed by atoms with Crippen LogP contribution in [0.3, 0.4) is 0 Å². The largest absolute Gasteiger partial charge is 0.501 e. The highest BCUT2D eigenvalue weighted by molar-refractivity contribution is 5.90. The summed E-state index contributed by atoms with van der Waals surface area (Å²) in [6.07, 6.45) is 0. The number of rotatable bonds is 4. The molecule has 152 valence electrons.